The van der Waals surface area contributed by atoms with Crippen molar-refractivity contribution in [3.8, 4) is 6.07 Å². The van der Waals surface area contributed by atoms with E-state index in [1.54, 1.807) is 11.3 Å². The fourth-order valence-electron chi connectivity index (χ4n) is 1.77. The summed E-state index contributed by atoms with van der Waals surface area (Å²) in [5.74, 6) is 0.0159. The fraction of sp³-hybridized carbons (Fsp3) is 0.286. The lowest BCUT2D eigenvalue weighted by Gasteiger charge is -2.05. The summed E-state index contributed by atoms with van der Waals surface area (Å²) in [6, 6.07) is 7.93. The van der Waals surface area contributed by atoms with Crippen molar-refractivity contribution in [3.63, 3.8) is 0 Å². The lowest BCUT2D eigenvalue weighted by Crippen LogP contribution is -2.22. The summed E-state index contributed by atoms with van der Waals surface area (Å²) in [7, 11) is -3.32. The maximum atomic E-state index is 12.1. The summed E-state index contributed by atoms with van der Waals surface area (Å²) < 4.78 is 24.2. The Labute approximate surface area is 128 Å². The van der Waals surface area contributed by atoms with E-state index in [4.69, 9.17) is 5.26 Å². The second-order valence-electron chi connectivity index (χ2n) is 4.49. The van der Waals surface area contributed by atoms with Crippen LogP contribution in [0, 0.1) is 18.3 Å². The average molecular weight is 321 g/mol. The summed E-state index contributed by atoms with van der Waals surface area (Å²) >= 11 is 1.57. The van der Waals surface area contributed by atoms with Crippen LogP contribution in [0.3, 0.4) is 0 Å². The number of aryl methyl sites for hydroxylation is 1. The predicted octanol–water partition coefficient (Wildman–Crippen LogP) is 1.89. The van der Waals surface area contributed by atoms with E-state index >= 15 is 0 Å². The van der Waals surface area contributed by atoms with E-state index in [1.165, 1.54) is 24.3 Å². The van der Waals surface area contributed by atoms with Crippen LogP contribution in [-0.2, 0) is 16.4 Å². The normalized spacial score (nSPS) is 11.2. The maximum Gasteiger partial charge on any atom is 0.179 e. The first-order chi connectivity index (χ1) is 10.0. The van der Waals surface area contributed by atoms with E-state index in [0.29, 0.717) is 18.7 Å². The molecule has 110 valence electrons. The van der Waals surface area contributed by atoms with E-state index in [9.17, 15) is 8.42 Å². The summed E-state index contributed by atoms with van der Waals surface area (Å²) in [5.41, 5.74) is 1.37. The molecule has 0 unspecified atom stereocenters. The Hall–Kier alpha value is -1.75. The van der Waals surface area contributed by atoms with Crippen LogP contribution < -0.4 is 5.32 Å². The highest BCUT2D eigenvalue weighted by Gasteiger charge is 2.13. The van der Waals surface area contributed by atoms with Crippen LogP contribution in [0.2, 0.25) is 0 Å². The van der Waals surface area contributed by atoms with Gasteiger partial charge in [-0.05, 0) is 31.2 Å². The Morgan fingerprint density at radius 2 is 2.05 bits per heavy atom. The number of sulfone groups is 1. The van der Waals surface area contributed by atoms with Gasteiger partial charge in [-0.25, -0.2) is 13.4 Å². The Kier molecular flexibility index (Phi) is 5.07. The monoisotopic (exact) mass is 321 g/mol. The van der Waals surface area contributed by atoms with Gasteiger partial charge in [-0.3, -0.25) is 0 Å². The molecule has 0 saturated heterocycles. The van der Waals surface area contributed by atoms with Gasteiger partial charge in [-0.2, -0.15) is 5.26 Å². The van der Waals surface area contributed by atoms with E-state index in [0.717, 1.165) is 10.7 Å². The van der Waals surface area contributed by atoms with Gasteiger partial charge in [0.2, 0.25) is 0 Å². The Balaban J connectivity index is 1.87. The molecular weight excluding hydrogens is 306 g/mol. The zero-order valence-corrected chi connectivity index (χ0v) is 13.2. The number of thiazole rings is 1. The van der Waals surface area contributed by atoms with E-state index in [1.807, 2.05) is 18.4 Å². The second kappa shape index (κ2) is 6.80. The highest BCUT2D eigenvalue weighted by atomic mass is 32.2. The van der Waals surface area contributed by atoms with Crippen LogP contribution in [0.15, 0.2) is 34.5 Å². The molecule has 0 radical (unpaired) electrons. The largest absolute Gasteiger partial charge is 0.310 e. The van der Waals surface area contributed by atoms with Crippen LogP contribution in [-0.4, -0.2) is 25.7 Å². The van der Waals surface area contributed by atoms with Gasteiger partial charge in [0.25, 0.3) is 0 Å². The highest BCUT2D eigenvalue weighted by Crippen LogP contribution is 2.12. The molecule has 1 aromatic carbocycles. The van der Waals surface area contributed by atoms with Crippen LogP contribution in [0.5, 0.6) is 0 Å². The van der Waals surface area contributed by atoms with Gasteiger partial charge in [0.15, 0.2) is 9.84 Å². The van der Waals surface area contributed by atoms with Crippen molar-refractivity contribution in [2.45, 2.75) is 18.4 Å². The molecule has 0 saturated carbocycles. The molecular formula is C14H15N3O2S2. The summed E-state index contributed by atoms with van der Waals surface area (Å²) in [5, 5.41) is 14.7. The van der Waals surface area contributed by atoms with Crippen molar-refractivity contribution in [3.05, 3.63) is 45.9 Å². The summed E-state index contributed by atoms with van der Waals surface area (Å²) in [6.45, 7) is 2.86. The number of aromatic nitrogens is 1. The minimum Gasteiger partial charge on any atom is -0.310 e. The average Bonchev–Trinajstić information content (AvgIpc) is 2.89. The van der Waals surface area contributed by atoms with Gasteiger partial charge in [0.05, 0.1) is 33.0 Å². The molecule has 0 fully saturated rings. The minimum absolute atomic E-state index is 0.0159. The molecule has 0 amide bonds. The molecule has 7 heteroatoms. The quantitative estimate of drug-likeness (QED) is 0.822. The molecule has 2 rings (SSSR count). The molecule has 0 aliphatic rings. The number of hydrogen-bond donors (Lipinski definition) is 1. The fourth-order valence-corrected chi connectivity index (χ4v) is 3.58. The van der Waals surface area contributed by atoms with Crippen LogP contribution in [0.1, 0.15) is 16.3 Å². The molecule has 0 aliphatic carbocycles. The summed E-state index contributed by atoms with van der Waals surface area (Å²) in [4.78, 5) is 4.54. The molecule has 21 heavy (non-hydrogen) atoms. The first kappa shape index (κ1) is 15.6. The zero-order chi connectivity index (χ0) is 15.3. The molecule has 1 aromatic heterocycles. The molecule has 1 N–H and O–H groups in total. The van der Waals surface area contributed by atoms with Crippen LogP contribution in [0.4, 0.5) is 0 Å². The molecule has 1 heterocycles. The first-order valence-corrected chi connectivity index (χ1v) is 8.89. The van der Waals surface area contributed by atoms with Crippen molar-refractivity contribution >= 4 is 21.2 Å². The van der Waals surface area contributed by atoms with Gasteiger partial charge >= 0.3 is 0 Å². The van der Waals surface area contributed by atoms with Crippen LogP contribution >= 0.6 is 11.3 Å². The van der Waals surface area contributed by atoms with Gasteiger partial charge in [0, 0.05) is 18.5 Å². The topological polar surface area (TPSA) is 82.8 Å². The van der Waals surface area contributed by atoms with Gasteiger partial charge < -0.3 is 5.32 Å². The van der Waals surface area contributed by atoms with Gasteiger partial charge in [-0.1, -0.05) is 0 Å². The van der Waals surface area contributed by atoms with Gasteiger partial charge in [0.1, 0.15) is 0 Å². The molecule has 0 spiro atoms. The number of benzene rings is 1. The maximum absolute atomic E-state index is 12.1. The van der Waals surface area contributed by atoms with Crippen molar-refractivity contribution in [2.24, 2.45) is 0 Å². The third-order valence-electron chi connectivity index (χ3n) is 2.86. The zero-order valence-electron chi connectivity index (χ0n) is 11.5. The Bertz CT molecular complexity index is 743. The van der Waals surface area contributed by atoms with Crippen molar-refractivity contribution in [2.75, 3.05) is 12.3 Å². The third kappa shape index (κ3) is 4.36. The first-order valence-electron chi connectivity index (χ1n) is 6.36. The molecule has 5 nitrogen and oxygen atoms in total. The predicted molar refractivity (Wildman–Crippen MR) is 81.8 cm³/mol. The minimum atomic E-state index is -3.32. The summed E-state index contributed by atoms with van der Waals surface area (Å²) in [6.07, 6.45) is 0. The lowest BCUT2D eigenvalue weighted by molar-refractivity contribution is 0.590. The SMILES string of the molecule is Cc1nc(CNCCS(=O)(=O)c2ccc(C#N)cc2)cs1. The van der Waals surface area contributed by atoms with Crippen LogP contribution in [0.25, 0.3) is 0 Å². The number of nitrogens with zero attached hydrogens (tertiary/aromatic N) is 2. The highest BCUT2D eigenvalue weighted by molar-refractivity contribution is 7.91. The number of hydrogen-bond acceptors (Lipinski definition) is 6. The lowest BCUT2D eigenvalue weighted by atomic mass is 10.2. The Morgan fingerprint density at radius 3 is 2.62 bits per heavy atom. The molecule has 0 atom stereocenters. The van der Waals surface area contributed by atoms with Gasteiger partial charge in [-0.15, -0.1) is 11.3 Å². The molecule has 0 aliphatic heterocycles. The van der Waals surface area contributed by atoms with E-state index < -0.39 is 9.84 Å². The number of nitrogens with one attached hydrogen (secondary N) is 1. The molecule has 0 bridgehead atoms. The standard InChI is InChI=1S/C14H15N3O2S2/c1-11-17-13(10-20-11)9-16-6-7-21(18,19)14-4-2-12(8-15)3-5-14/h2-5,10,16H,6-7,9H2,1H3. The third-order valence-corrected chi connectivity index (χ3v) is 5.42. The number of nitriles is 1. The molecule has 2 aromatic rings. The number of rotatable bonds is 6. The van der Waals surface area contributed by atoms with Crippen molar-refractivity contribution < 1.29 is 8.42 Å². The van der Waals surface area contributed by atoms with E-state index in [2.05, 4.69) is 10.3 Å². The smallest absolute Gasteiger partial charge is 0.179 e. The van der Waals surface area contributed by atoms with E-state index in [-0.39, 0.29) is 10.6 Å². The van der Waals surface area contributed by atoms with Crippen molar-refractivity contribution in [1.82, 2.24) is 10.3 Å². The second-order valence-corrected chi connectivity index (χ2v) is 7.66. The van der Waals surface area contributed by atoms with Crippen molar-refractivity contribution in [1.29, 1.82) is 5.26 Å². The Morgan fingerprint density at radius 1 is 1.33 bits per heavy atom.